The molecule has 0 spiro atoms. The molecule has 0 bridgehead atoms. The van der Waals surface area contributed by atoms with Gasteiger partial charge in [-0.3, -0.25) is 14.6 Å². The maximum atomic E-state index is 12.4. The minimum absolute atomic E-state index is 0.185. The second-order valence-corrected chi connectivity index (χ2v) is 8.43. The third-order valence-corrected chi connectivity index (χ3v) is 6.48. The Morgan fingerprint density at radius 3 is 2.69 bits per heavy atom. The van der Waals surface area contributed by atoms with E-state index in [0.29, 0.717) is 12.6 Å². The summed E-state index contributed by atoms with van der Waals surface area (Å²) in [5.74, 6) is 0.185. The van der Waals surface area contributed by atoms with E-state index in [4.69, 9.17) is 0 Å². The number of rotatable bonds is 5. The second kappa shape index (κ2) is 8.33. The number of nitrogens with one attached hydrogen (secondary N) is 1. The number of carbonyl (C=O) groups is 1. The Balaban J connectivity index is 1.19. The van der Waals surface area contributed by atoms with Gasteiger partial charge in [-0.15, -0.1) is 11.3 Å². The van der Waals surface area contributed by atoms with E-state index in [0.717, 1.165) is 52.0 Å². The number of amides is 1. The number of hydrogen-bond donors (Lipinski definition) is 1. The van der Waals surface area contributed by atoms with E-state index in [1.54, 1.807) is 0 Å². The van der Waals surface area contributed by atoms with Gasteiger partial charge in [0, 0.05) is 43.6 Å². The lowest BCUT2D eigenvalue weighted by molar-refractivity contribution is -0.123. The molecule has 0 radical (unpaired) electrons. The fraction of sp³-hybridized carbons (Fsp3) is 0.476. The Morgan fingerprint density at radius 2 is 1.88 bits per heavy atom. The number of fused-ring (bicyclic) bond motifs is 1. The average Bonchev–Trinajstić information content (AvgIpc) is 3.12. The van der Waals surface area contributed by atoms with Crippen LogP contribution in [0.2, 0.25) is 0 Å². The van der Waals surface area contributed by atoms with Crippen molar-refractivity contribution >= 4 is 17.2 Å². The first-order valence-corrected chi connectivity index (χ1v) is 10.5. The minimum atomic E-state index is 0.185. The van der Waals surface area contributed by atoms with E-state index < -0.39 is 0 Å². The van der Waals surface area contributed by atoms with Gasteiger partial charge in [0.05, 0.1) is 6.54 Å². The first-order valence-electron chi connectivity index (χ1n) is 9.59. The zero-order valence-electron chi connectivity index (χ0n) is 15.2. The highest BCUT2D eigenvalue weighted by Crippen LogP contribution is 2.23. The van der Waals surface area contributed by atoms with Crippen LogP contribution in [0.1, 0.15) is 28.8 Å². The van der Waals surface area contributed by atoms with Crippen molar-refractivity contribution in [2.45, 2.75) is 38.4 Å². The Labute approximate surface area is 159 Å². The van der Waals surface area contributed by atoms with Gasteiger partial charge in [-0.25, -0.2) is 0 Å². The summed E-state index contributed by atoms with van der Waals surface area (Å²) >= 11 is 1.84. The fourth-order valence-electron chi connectivity index (χ4n) is 4.00. The summed E-state index contributed by atoms with van der Waals surface area (Å²) in [5, 5.41) is 5.43. The molecule has 0 aliphatic carbocycles. The second-order valence-electron chi connectivity index (χ2n) is 7.43. The molecule has 2 aliphatic rings. The molecule has 1 aromatic heterocycles. The summed E-state index contributed by atoms with van der Waals surface area (Å²) in [7, 11) is 0. The average molecular weight is 370 g/mol. The first kappa shape index (κ1) is 17.7. The third kappa shape index (κ3) is 4.53. The predicted molar refractivity (Wildman–Crippen MR) is 106 cm³/mol. The number of thiophene rings is 1. The van der Waals surface area contributed by atoms with Gasteiger partial charge in [0.2, 0.25) is 5.91 Å². The number of nitrogens with zero attached hydrogens (tertiary/aromatic N) is 2. The first-order chi connectivity index (χ1) is 12.8. The number of carbonyl (C=O) groups excluding carboxylic acids is 1. The van der Waals surface area contributed by atoms with Crippen LogP contribution in [-0.2, 0) is 24.3 Å². The highest BCUT2D eigenvalue weighted by atomic mass is 32.1. The molecule has 1 N–H and O–H groups in total. The summed E-state index contributed by atoms with van der Waals surface area (Å²) in [6, 6.07) is 13.2. The van der Waals surface area contributed by atoms with Crippen molar-refractivity contribution in [1.29, 1.82) is 0 Å². The van der Waals surface area contributed by atoms with Crippen molar-refractivity contribution < 1.29 is 4.79 Å². The highest BCUT2D eigenvalue weighted by Gasteiger charge is 2.23. The normalized spacial score (nSPS) is 19.2. The van der Waals surface area contributed by atoms with Crippen molar-refractivity contribution in [3.05, 3.63) is 57.8 Å². The van der Waals surface area contributed by atoms with Crippen molar-refractivity contribution in [1.82, 2.24) is 15.1 Å². The molecule has 138 valence electrons. The maximum Gasteiger partial charge on any atom is 0.234 e. The van der Waals surface area contributed by atoms with Crippen molar-refractivity contribution in [3.8, 4) is 0 Å². The Kier molecular flexibility index (Phi) is 5.68. The van der Waals surface area contributed by atoms with Gasteiger partial charge in [-0.2, -0.15) is 0 Å². The van der Waals surface area contributed by atoms with Crippen molar-refractivity contribution in [2.24, 2.45) is 0 Å². The van der Waals surface area contributed by atoms with E-state index >= 15 is 0 Å². The fourth-order valence-corrected chi connectivity index (χ4v) is 4.88. The van der Waals surface area contributed by atoms with E-state index in [1.807, 2.05) is 11.3 Å². The predicted octanol–water partition coefficient (Wildman–Crippen LogP) is 2.89. The molecule has 1 saturated heterocycles. The molecule has 0 unspecified atom stereocenters. The van der Waals surface area contributed by atoms with E-state index in [-0.39, 0.29) is 5.91 Å². The van der Waals surface area contributed by atoms with Gasteiger partial charge in [-0.05, 0) is 41.8 Å². The van der Waals surface area contributed by atoms with Gasteiger partial charge >= 0.3 is 0 Å². The van der Waals surface area contributed by atoms with Crippen LogP contribution in [0.25, 0.3) is 0 Å². The SMILES string of the molecule is O=C(CN1CCc2sccc2C1)NC1CCN(Cc2ccccc2)CC1. The molecule has 3 heterocycles. The van der Waals surface area contributed by atoms with Crippen molar-refractivity contribution in [2.75, 3.05) is 26.2 Å². The van der Waals surface area contributed by atoms with Gasteiger partial charge in [-0.1, -0.05) is 30.3 Å². The Morgan fingerprint density at radius 1 is 1.08 bits per heavy atom. The number of piperidine rings is 1. The number of likely N-dealkylation sites (tertiary alicyclic amines) is 1. The lowest BCUT2D eigenvalue weighted by Crippen LogP contribution is -2.47. The topological polar surface area (TPSA) is 35.6 Å². The molecule has 26 heavy (non-hydrogen) atoms. The van der Waals surface area contributed by atoms with Gasteiger partial charge < -0.3 is 5.32 Å². The van der Waals surface area contributed by atoms with Gasteiger partial charge in [0.25, 0.3) is 0 Å². The smallest absolute Gasteiger partial charge is 0.234 e. The van der Waals surface area contributed by atoms with Gasteiger partial charge in [0.15, 0.2) is 0 Å². The zero-order chi connectivity index (χ0) is 17.8. The molecule has 2 aliphatic heterocycles. The van der Waals surface area contributed by atoms with Crippen LogP contribution in [0, 0.1) is 0 Å². The summed E-state index contributed by atoms with van der Waals surface area (Å²) < 4.78 is 0. The van der Waals surface area contributed by atoms with Crippen LogP contribution in [0.5, 0.6) is 0 Å². The standard InChI is InChI=1S/C21H27N3OS/c25-21(16-24-12-8-20-18(15-24)9-13-26-20)22-19-6-10-23(11-7-19)14-17-4-2-1-3-5-17/h1-5,9,13,19H,6-8,10-12,14-16H2,(H,22,25). The quantitative estimate of drug-likeness (QED) is 0.880. The van der Waals surface area contributed by atoms with E-state index in [9.17, 15) is 4.79 Å². The highest BCUT2D eigenvalue weighted by molar-refractivity contribution is 7.10. The van der Waals surface area contributed by atoms with Crippen LogP contribution in [0.3, 0.4) is 0 Å². The van der Waals surface area contributed by atoms with E-state index in [2.05, 4.69) is 56.9 Å². The molecule has 4 nitrogen and oxygen atoms in total. The molecule has 5 heteroatoms. The van der Waals surface area contributed by atoms with Crippen molar-refractivity contribution in [3.63, 3.8) is 0 Å². The summed E-state index contributed by atoms with van der Waals surface area (Å²) in [6.45, 7) is 5.57. The lowest BCUT2D eigenvalue weighted by atomic mass is 10.0. The molecular formula is C21H27N3OS. The number of benzene rings is 1. The minimum Gasteiger partial charge on any atom is -0.352 e. The largest absolute Gasteiger partial charge is 0.352 e. The molecular weight excluding hydrogens is 342 g/mol. The molecule has 1 aromatic carbocycles. The summed E-state index contributed by atoms with van der Waals surface area (Å²) in [5.41, 5.74) is 2.77. The Hall–Kier alpha value is -1.69. The molecule has 0 atom stereocenters. The molecule has 1 fully saturated rings. The molecule has 1 amide bonds. The van der Waals surface area contributed by atoms with Gasteiger partial charge in [0.1, 0.15) is 0 Å². The van der Waals surface area contributed by atoms with Crippen LogP contribution in [0.15, 0.2) is 41.8 Å². The van der Waals surface area contributed by atoms with Crippen LogP contribution in [-0.4, -0.2) is 47.9 Å². The Bertz CT molecular complexity index is 722. The molecule has 4 rings (SSSR count). The third-order valence-electron chi connectivity index (χ3n) is 5.46. The maximum absolute atomic E-state index is 12.4. The summed E-state index contributed by atoms with van der Waals surface area (Å²) in [6.07, 6.45) is 3.18. The monoisotopic (exact) mass is 369 g/mol. The number of hydrogen-bond acceptors (Lipinski definition) is 4. The van der Waals surface area contributed by atoms with Crippen LogP contribution < -0.4 is 5.32 Å². The molecule has 2 aromatic rings. The molecule has 0 saturated carbocycles. The van der Waals surface area contributed by atoms with Crippen LogP contribution in [0.4, 0.5) is 0 Å². The zero-order valence-corrected chi connectivity index (χ0v) is 16.0. The summed E-state index contributed by atoms with van der Waals surface area (Å²) in [4.78, 5) is 18.7. The lowest BCUT2D eigenvalue weighted by Gasteiger charge is -2.33. The van der Waals surface area contributed by atoms with E-state index in [1.165, 1.54) is 16.0 Å². The van der Waals surface area contributed by atoms with Crippen LogP contribution >= 0.6 is 11.3 Å².